The molecule has 1 unspecified atom stereocenters. The highest BCUT2D eigenvalue weighted by molar-refractivity contribution is 7.90. The molecule has 1 aromatic carbocycles. The number of likely N-dealkylation sites (N-methyl/N-ethyl adjacent to an activating group) is 1. The van der Waals surface area contributed by atoms with Crippen molar-refractivity contribution in [3.63, 3.8) is 0 Å². The van der Waals surface area contributed by atoms with Gasteiger partial charge in [-0.2, -0.15) is 0 Å². The molecule has 2 rings (SSSR count). The summed E-state index contributed by atoms with van der Waals surface area (Å²) in [7, 11) is 2.05. The number of carbonyl (C=O) groups excluding carboxylic acids is 1. The van der Waals surface area contributed by atoms with Crippen LogP contribution < -0.4 is 5.32 Å². The van der Waals surface area contributed by atoms with Gasteiger partial charge in [-0.25, -0.2) is 12.7 Å². The number of benzene rings is 1. The van der Waals surface area contributed by atoms with Crippen LogP contribution >= 0.6 is 0 Å². The van der Waals surface area contributed by atoms with E-state index in [1.165, 1.54) is 16.9 Å². The van der Waals surface area contributed by atoms with E-state index in [0.29, 0.717) is 18.7 Å². The summed E-state index contributed by atoms with van der Waals surface area (Å²) in [6, 6.07) is 7.53. The highest BCUT2D eigenvalue weighted by Gasteiger charge is 2.41. The van der Waals surface area contributed by atoms with Crippen LogP contribution in [-0.4, -0.2) is 63.0 Å². The monoisotopic (exact) mass is 325 g/mol. The first kappa shape index (κ1) is 16.9. The normalized spacial score (nSPS) is 21.2. The molecule has 1 fully saturated rings. The summed E-state index contributed by atoms with van der Waals surface area (Å²) in [6.07, 6.45) is 1.27. The third-order valence-corrected chi connectivity index (χ3v) is 6.08. The summed E-state index contributed by atoms with van der Waals surface area (Å²) in [6.45, 7) is 1.35. The lowest BCUT2D eigenvalue weighted by Gasteiger charge is -2.13. The Morgan fingerprint density at radius 1 is 1.32 bits per heavy atom. The molecule has 22 heavy (non-hydrogen) atoms. The van der Waals surface area contributed by atoms with Gasteiger partial charge >= 0.3 is 0 Å². The van der Waals surface area contributed by atoms with Gasteiger partial charge in [-0.3, -0.25) is 4.79 Å². The zero-order valence-electron chi connectivity index (χ0n) is 13.2. The molecule has 1 atom stereocenters. The Kier molecular flexibility index (Phi) is 5.20. The maximum atomic E-state index is 12.2. The summed E-state index contributed by atoms with van der Waals surface area (Å²) in [4.78, 5) is 14.3. The second-order valence-electron chi connectivity index (χ2n) is 5.88. The van der Waals surface area contributed by atoms with E-state index >= 15 is 0 Å². The van der Waals surface area contributed by atoms with Crippen molar-refractivity contribution in [1.82, 2.24) is 9.21 Å². The Morgan fingerprint density at radius 3 is 2.45 bits per heavy atom. The maximum absolute atomic E-state index is 12.2. The summed E-state index contributed by atoms with van der Waals surface area (Å²) >= 11 is 0. The van der Waals surface area contributed by atoms with Crippen LogP contribution in [0.15, 0.2) is 24.3 Å². The molecular weight excluding hydrogens is 302 g/mol. The molecule has 1 aliphatic heterocycles. The Hall–Kier alpha value is -1.44. The predicted octanol–water partition coefficient (Wildman–Crippen LogP) is 0.763. The fraction of sp³-hybridized carbons (Fsp3) is 0.533. The van der Waals surface area contributed by atoms with Gasteiger partial charge in [0.25, 0.3) is 0 Å². The largest absolute Gasteiger partial charge is 0.325 e. The Balaban J connectivity index is 1.98. The van der Waals surface area contributed by atoms with Crippen LogP contribution in [0.2, 0.25) is 0 Å². The second-order valence-corrected chi connectivity index (χ2v) is 8.11. The fourth-order valence-electron chi connectivity index (χ4n) is 2.39. The minimum Gasteiger partial charge on any atom is -0.325 e. The van der Waals surface area contributed by atoms with Crippen LogP contribution in [0.1, 0.15) is 12.0 Å². The lowest BCUT2D eigenvalue weighted by atomic mass is 10.1. The van der Waals surface area contributed by atoms with Crippen molar-refractivity contribution in [1.29, 1.82) is 0 Å². The molecule has 1 aliphatic rings. The number of hydrogen-bond acceptors (Lipinski definition) is 4. The van der Waals surface area contributed by atoms with E-state index in [1.807, 2.05) is 38.4 Å². The molecule has 0 aliphatic carbocycles. The van der Waals surface area contributed by atoms with Crippen molar-refractivity contribution >= 4 is 21.6 Å². The lowest BCUT2D eigenvalue weighted by Crippen LogP contribution is -2.35. The highest BCUT2D eigenvalue weighted by atomic mass is 32.2. The molecule has 7 heteroatoms. The van der Waals surface area contributed by atoms with Gasteiger partial charge in [0.2, 0.25) is 15.9 Å². The van der Waals surface area contributed by atoms with Gasteiger partial charge in [-0.15, -0.1) is 0 Å². The zero-order valence-corrected chi connectivity index (χ0v) is 14.1. The van der Waals surface area contributed by atoms with E-state index in [2.05, 4.69) is 10.2 Å². The number of nitrogens with one attached hydrogen (secondary N) is 1. The Morgan fingerprint density at radius 2 is 1.95 bits per heavy atom. The van der Waals surface area contributed by atoms with Crippen LogP contribution in [-0.2, 0) is 21.2 Å². The molecule has 6 nitrogen and oxygen atoms in total. The molecule has 0 bridgehead atoms. The lowest BCUT2D eigenvalue weighted by molar-refractivity contribution is -0.115. The molecule has 122 valence electrons. The Labute approximate surface area is 132 Å². The molecule has 1 heterocycles. The number of hydrogen-bond donors (Lipinski definition) is 1. The molecule has 0 saturated carbocycles. The number of amides is 1. The number of carbonyl (C=O) groups is 1. The van der Waals surface area contributed by atoms with Gasteiger partial charge in [-0.05, 0) is 44.6 Å². The minimum atomic E-state index is -3.50. The van der Waals surface area contributed by atoms with Crippen LogP contribution in [0, 0.1) is 0 Å². The average molecular weight is 325 g/mol. The van der Waals surface area contributed by atoms with Gasteiger partial charge in [0.15, 0.2) is 5.25 Å². The number of rotatable bonds is 5. The Bertz CT molecular complexity index is 626. The van der Waals surface area contributed by atoms with Gasteiger partial charge in [0.05, 0.1) is 0 Å². The maximum Gasteiger partial charge on any atom is 0.244 e. The second kappa shape index (κ2) is 6.76. The topological polar surface area (TPSA) is 69.7 Å². The first-order valence-corrected chi connectivity index (χ1v) is 8.80. The van der Waals surface area contributed by atoms with Gasteiger partial charge in [-0.1, -0.05) is 12.1 Å². The van der Waals surface area contributed by atoms with Crippen molar-refractivity contribution < 1.29 is 13.2 Å². The summed E-state index contributed by atoms with van der Waals surface area (Å²) in [5, 5.41) is 1.72. The van der Waals surface area contributed by atoms with Crippen LogP contribution in [0.3, 0.4) is 0 Å². The van der Waals surface area contributed by atoms with E-state index in [0.717, 1.165) is 13.0 Å². The van der Waals surface area contributed by atoms with Gasteiger partial charge < -0.3 is 10.2 Å². The quantitative estimate of drug-likeness (QED) is 0.868. The van der Waals surface area contributed by atoms with E-state index in [1.54, 1.807) is 0 Å². The number of nitrogens with zero attached hydrogens (tertiary/aromatic N) is 2. The SMILES string of the molecule is CN(C)CCc1ccc(NC(=O)C2CCN(C)S2(=O)=O)cc1. The zero-order chi connectivity index (χ0) is 16.3. The van der Waals surface area contributed by atoms with Crippen molar-refractivity contribution in [2.45, 2.75) is 18.1 Å². The minimum absolute atomic E-state index is 0.339. The standard InChI is InChI=1S/C15H23N3O3S/c1-17(2)10-8-12-4-6-13(7-5-12)16-15(19)14-9-11-18(3)22(14,20)21/h4-7,14H,8-11H2,1-3H3,(H,16,19). The average Bonchev–Trinajstić information content (AvgIpc) is 2.72. The first-order valence-electron chi connectivity index (χ1n) is 7.30. The van der Waals surface area contributed by atoms with E-state index in [9.17, 15) is 13.2 Å². The molecule has 0 aromatic heterocycles. The van der Waals surface area contributed by atoms with Gasteiger partial charge in [0.1, 0.15) is 0 Å². The molecule has 1 aromatic rings. The smallest absolute Gasteiger partial charge is 0.244 e. The van der Waals surface area contributed by atoms with Crippen LogP contribution in [0.25, 0.3) is 0 Å². The number of sulfonamides is 1. The third-order valence-electron chi connectivity index (χ3n) is 3.86. The first-order chi connectivity index (χ1) is 10.3. The van der Waals surface area contributed by atoms with E-state index in [4.69, 9.17) is 0 Å². The van der Waals surface area contributed by atoms with Crippen molar-refractivity contribution in [3.05, 3.63) is 29.8 Å². The summed E-state index contributed by atoms with van der Waals surface area (Å²) in [5.41, 5.74) is 1.81. The van der Waals surface area contributed by atoms with Crippen LogP contribution in [0.5, 0.6) is 0 Å². The molecule has 0 radical (unpaired) electrons. The van der Waals surface area contributed by atoms with E-state index < -0.39 is 21.2 Å². The fourth-order valence-corrected chi connectivity index (χ4v) is 3.92. The third kappa shape index (κ3) is 3.85. The van der Waals surface area contributed by atoms with Crippen LogP contribution in [0.4, 0.5) is 5.69 Å². The summed E-state index contributed by atoms with van der Waals surface area (Å²) < 4.78 is 25.2. The summed E-state index contributed by atoms with van der Waals surface area (Å²) in [5.74, 6) is -0.453. The van der Waals surface area contributed by atoms with Gasteiger partial charge in [0, 0.05) is 25.8 Å². The number of anilines is 1. The molecule has 0 spiro atoms. The molecule has 1 saturated heterocycles. The molecular formula is C15H23N3O3S. The van der Waals surface area contributed by atoms with Crippen molar-refractivity contribution in [3.8, 4) is 0 Å². The van der Waals surface area contributed by atoms with E-state index in [-0.39, 0.29) is 0 Å². The highest BCUT2D eigenvalue weighted by Crippen LogP contribution is 2.21. The van der Waals surface area contributed by atoms with Crippen molar-refractivity contribution in [2.24, 2.45) is 0 Å². The molecule has 1 N–H and O–H groups in total. The predicted molar refractivity (Wildman–Crippen MR) is 87.3 cm³/mol. The molecule has 1 amide bonds. The van der Waals surface area contributed by atoms with Crippen molar-refractivity contribution in [2.75, 3.05) is 39.5 Å².